The Hall–Kier alpha value is -0.610. The Labute approximate surface area is 91.4 Å². The molecule has 0 bridgehead atoms. The van der Waals surface area contributed by atoms with Crippen LogP contribution in [0.15, 0.2) is 0 Å². The lowest BCUT2D eigenvalue weighted by atomic mass is 10.1. The summed E-state index contributed by atoms with van der Waals surface area (Å²) in [4.78, 5) is 11.5. The van der Waals surface area contributed by atoms with Crippen LogP contribution in [0.4, 0.5) is 0 Å². The first-order chi connectivity index (χ1) is 7.24. The Morgan fingerprint density at radius 1 is 1.67 bits per heavy atom. The zero-order valence-electron chi connectivity index (χ0n) is 9.46. The zero-order valence-corrected chi connectivity index (χ0v) is 9.46. The summed E-state index contributed by atoms with van der Waals surface area (Å²) in [5.41, 5.74) is 0. The predicted molar refractivity (Wildman–Crippen MR) is 59.5 cm³/mol. The van der Waals surface area contributed by atoms with E-state index in [2.05, 4.69) is 10.6 Å². The highest BCUT2D eigenvalue weighted by Crippen LogP contribution is 2.05. The molecule has 0 aliphatic carbocycles. The molecule has 0 radical (unpaired) electrons. The molecule has 4 heteroatoms. The van der Waals surface area contributed by atoms with E-state index in [0.717, 1.165) is 38.8 Å². The summed E-state index contributed by atoms with van der Waals surface area (Å²) in [7, 11) is 0. The Bertz CT molecular complexity index is 191. The van der Waals surface area contributed by atoms with Gasteiger partial charge < -0.3 is 15.7 Å². The van der Waals surface area contributed by atoms with E-state index in [4.69, 9.17) is 5.11 Å². The number of aliphatic hydroxyl groups excluding tert-OH is 1. The molecule has 88 valence electrons. The normalized spacial score (nSPS) is 22.7. The van der Waals surface area contributed by atoms with Crippen LogP contribution in [0.3, 0.4) is 0 Å². The monoisotopic (exact) mass is 214 g/mol. The third-order valence-corrected chi connectivity index (χ3v) is 2.86. The van der Waals surface area contributed by atoms with E-state index >= 15 is 0 Å². The second kappa shape index (κ2) is 6.80. The van der Waals surface area contributed by atoms with Gasteiger partial charge in [0.1, 0.15) is 0 Å². The van der Waals surface area contributed by atoms with Gasteiger partial charge in [0.15, 0.2) is 0 Å². The molecule has 0 aromatic rings. The maximum absolute atomic E-state index is 11.5. The number of hydrogen-bond donors (Lipinski definition) is 3. The summed E-state index contributed by atoms with van der Waals surface area (Å²) in [6.45, 7) is 3.93. The first-order valence-electron chi connectivity index (χ1n) is 5.86. The van der Waals surface area contributed by atoms with Crippen LogP contribution < -0.4 is 10.6 Å². The molecule has 1 fully saturated rings. The van der Waals surface area contributed by atoms with Crippen molar-refractivity contribution in [2.24, 2.45) is 5.92 Å². The highest BCUT2D eigenvalue weighted by Gasteiger charge is 2.20. The van der Waals surface area contributed by atoms with E-state index in [-0.39, 0.29) is 18.6 Å². The SMILES string of the molecule is CC(CO)CCCNC(=O)[C@@H]1CCCN1. The average Bonchev–Trinajstić information content (AvgIpc) is 2.77. The minimum absolute atomic E-state index is 0.0280. The lowest BCUT2D eigenvalue weighted by Crippen LogP contribution is -2.40. The number of aliphatic hydroxyl groups is 1. The Morgan fingerprint density at radius 3 is 3.07 bits per heavy atom. The molecule has 1 aliphatic heterocycles. The van der Waals surface area contributed by atoms with Gasteiger partial charge in [-0.05, 0) is 38.1 Å². The van der Waals surface area contributed by atoms with Crippen molar-refractivity contribution in [2.75, 3.05) is 19.7 Å². The van der Waals surface area contributed by atoms with Crippen LogP contribution in [0.1, 0.15) is 32.6 Å². The lowest BCUT2D eigenvalue weighted by molar-refractivity contribution is -0.122. The first-order valence-corrected chi connectivity index (χ1v) is 5.86. The van der Waals surface area contributed by atoms with Crippen LogP contribution in [0.25, 0.3) is 0 Å². The van der Waals surface area contributed by atoms with Gasteiger partial charge in [-0.2, -0.15) is 0 Å². The molecular weight excluding hydrogens is 192 g/mol. The molecule has 3 N–H and O–H groups in total. The molecule has 1 rings (SSSR count). The molecule has 2 atom stereocenters. The first kappa shape index (κ1) is 12.5. The largest absolute Gasteiger partial charge is 0.396 e. The number of amides is 1. The molecule has 0 spiro atoms. The highest BCUT2D eigenvalue weighted by molar-refractivity contribution is 5.81. The van der Waals surface area contributed by atoms with Gasteiger partial charge in [-0.15, -0.1) is 0 Å². The molecule has 1 saturated heterocycles. The summed E-state index contributed by atoms with van der Waals surface area (Å²) in [6.07, 6.45) is 3.97. The van der Waals surface area contributed by atoms with Crippen molar-refractivity contribution in [3.8, 4) is 0 Å². The molecule has 0 aromatic carbocycles. The van der Waals surface area contributed by atoms with Gasteiger partial charge in [0.2, 0.25) is 5.91 Å². The minimum atomic E-state index is 0.0280. The van der Waals surface area contributed by atoms with Crippen LogP contribution >= 0.6 is 0 Å². The van der Waals surface area contributed by atoms with Crippen molar-refractivity contribution < 1.29 is 9.90 Å². The molecule has 1 unspecified atom stereocenters. The average molecular weight is 214 g/mol. The fourth-order valence-electron chi connectivity index (χ4n) is 1.78. The van der Waals surface area contributed by atoms with Crippen molar-refractivity contribution in [1.29, 1.82) is 0 Å². The summed E-state index contributed by atoms with van der Waals surface area (Å²) in [5.74, 6) is 0.468. The molecule has 4 nitrogen and oxygen atoms in total. The van der Waals surface area contributed by atoms with Crippen molar-refractivity contribution in [2.45, 2.75) is 38.6 Å². The number of rotatable bonds is 6. The van der Waals surface area contributed by atoms with Crippen LogP contribution in [-0.2, 0) is 4.79 Å². The fraction of sp³-hybridized carbons (Fsp3) is 0.909. The number of carbonyl (C=O) groups is 1. The smallest absolute Gasteiger partial charge is 0.237 e. The molecular formula is C11H22N2O2. The minimum Gasteiger partial charge on any atom is -0.396 e. The van der Waals surface area contributed by atoms with E-state index in [0.29, 0.717) is 5.92 Å². The maximum Gasteiger partial charge on any atom is 0.237 e. The Kier molecular flexibility index (Phi) is 5.65. The quantitative estimate of drug-likeness (QED) is 0.556. The zero-order chi connectivity index (χ0) is 11.1. The second-order valence-corrected chi connectivity index (χ2v) is 4.37. The predicted octanol–water partition coefficient (Wildman–Crippen LogP) is 0.263. The summed E-state index contributed by atoms with van der Waals surface area (Å²) >= 11 is 0. The number of carbonyl (C=O) groups excluding carboxylic acids is 1. The van der Waals surface area contributed by atoms with Crippen molar-refractivity contribution in [3.63, 3.8) is 0 Å². The summed E-state index contributed by atoms with van der Waals surface area (Å²) in [6, 6.07) is 0.0280. The number of hydrogen-bond acceptors (Lipinski definition) is 3. The molecule has 0 aromatic heterocycles. The Morgan fingerprint density at radius 2 is 2.47 bits per heavy atom. The molecule has 1 aliphatic rings. The van der Waals surface area contributed by atoms with Gasteiger partial charge in [-0.3, -0.25) is 4.79 Å². The van der Waals surface area contributed by atoms with E-state index in [1.54, 1.807) is 0 Å². The third kappa shape index (κ3) is 4.62. The van der Waals surface area contributed by atoms with Crippen LogP contribution in [0.5, 0.6) is 0 Å². The summed E-state index contributed by atoms with van der Waals surface area (Å²) in [5, 5.41) is 14.9. The van der Waals surface area contributed by atoms with Gasteiger partial charge in [-0.25, -0.2) is 0 Å². The lowest BCUT2D eigenvalue weighted by Gasteiger charge is -2.12. The third-order valence-electron chi connectivity index (χ3n) is 2.86. The maximum atomic E-state index is 11.5. The molecule has 1 amide bonds. The Balaban J connectivity index is 2.01. The fourth-order valence-corrected chi connectivity index (χ4v) is 1.78. The van der Waals surface area contributed by atoms with Gasteiger partial charge in [0.05, 0.1) is 6.04 Å². The van der Waals surface area contributed by atoms with Crippen LogP contribution in [-0.4, -0.2) is 36.8 Å². The van der Waals surface area contributed by atoms with Crippen molar-refractivity contribution in [1.82, 2.24) is 10.6 Å². The standard InChI is InChI=1S/C11H22N2O2/c1-9(8-14)4-2-7-13-11(15)10-5-3-6-12-10/h9-10,12,14H,2-8H2,1H3,(H,13,15)/t9?,10-/m0/s1. The molecule has 15 heavy (non-hydrogen) atoms. The topological polar surface area (TPSA) is 61.4 Å². The highest BCUT2D eigenvalue weighted by atomic mass is 16.3. The molecule has 0 saturated carbocycles. The van der Waals surface area contributed by atoms with Crippen LogP contribution in [0.2, 0.25) is 0 Å². The van der Waals surface area contributed by atoms with Gasteiger partial charge in [-0.1, -0.05) is 6.92 Å². The van der Waals surface area contributed by atoms with Crippen LogP contribution in [0, 0.1) is 5.92 Å². The van der Waals surface area contributed by atoms with E-state index < -0.39 is 0 Å². The van der Waals surface area contributed by atoms with E-state index in [9.17, 15) is 4.79 Å². The van der Waals surface area contributed by atoms with Crippen molar-refractivity contribution >= 4 is 5.91 Å². The van der Waals surface area contributed by atoms with E-state index in [1.807, 2.05) is 6.92 Å². The van der Waals surface area contributed by atoms with Gasteiger partial charge in [0.25, 0.3) is 0 Å². The van der Waals surface area contributed by atoms with Gasteiger partial charge >= 0.3 is 0 Å². The molecule has 1 heterocycles. The van der Waals surface area contributed by atoms with Crippen molar-refractivity contribution in [3.05, 3.63) is 0 Å². The number of nitrogens with one attached hydrogen (secondary N) is 2. The van der Waals surface area contributed by atoms with E-state index in [1.165, 1.54) is 0 Å². The van der Waals surface area contributed by atoms with Gasteiger partial charge in [0, 0.05) is 13.2 Å². The second-order valence-electron chi connectivity index (χ2n) is 4.37. The summed E-state index contributed by atoms with van der Waals surface area (Å²) < 4.78 is 0.